The second-order valence-electron chi connectivity index (χ2n) is 10.6. The van der Waals surface area contributed by atoms with Crippen molar-refractivity contribution in [2.24, 2.45) is 0 Å². The molecule has 0 radical (unpaired) electrons. The van der Waals surface area contributed by atoms with Crippen LogP contribution in [0.4, 0.5) is 0 Å². The number of esters is 2. The molecule has 2 unspecified atom stereocenters. The van der Waals surface area contributed by atoms with E-state index in [9.17, 15) is 19.5 Å². The van der Waals surface area contributed by atoms with E-state index in [1.807, 2.05) is 28.8 Å². The number of carbonyl (C=O) groups excluding carboxylic acids is 2. The number of hydrogen-bond acceptors (Lipinski definition) is 8. The predicted octanol–water partition coefficient (Wildman–Crippen LogP) is 5.59. The summed E-state index contributed by atoms with van der Waals surface area (Å²) < 4.78 is 12.7. The van der Waals surface area contributed by atoms with Crippen molar-refractivity contribution in [1.29, 1.82) is 0 Å². The minimum atomic E-state index is -1.22. The summed E-state index contributed by atoms with van der Waals surface area (Å²) in [5.41, 5.74) is 3.07. The van der Waals surface area contributed by atoms with Crippen molar-refractivity contribution in [2.45, 2.75) is 38.6 Å². The SMILES string of the molecule is CC1=C(C(=O)O)C(c2cccc(Cl)c2Cl)C(C(=O)OCCOC(=O)CC(c2ccc(Cc3ncc[nH]3)cc2)n2ccnc2)=C(C)N1. The summed E-state index contributed by atoms with van der Waals surface area (Å²) in [7, 11) is 0. The van der Waals surface area contributed by atoms with Gasteiger partial charge in [0.05, 0.1) is 45.9 Å². The van der Waals surface area contributed by atoms with Gasteiger partial charge in [-0.05, 0) is 36.6 Å². The lowest BCUT2D eigenvalue weighted by Crippen LogP contribution is -2.32. The summed E-state index contributed by atoms with van der Waals surface area (Å²) in [6.07, 6.45) is 9.18. The van der Waals surface area contributed by atoms with Gasteiger partial charge in [0.15, 0.2) is 0 Å². The van der Waals surface area contributed by atoms with Crippen molar-refractivity contribution in [3.05, 3.63) is 129 Å². The largest absolute Gasteiger partial charge is 0.478 e. The number of ether oxygens (including phenoxy) is 2. The molecule has 11 nitrogen and oxygen atoms in total. The number of carbonyl (C=O) groups is 3. The number of rotatable bonds is 12. The highest BCUT2D eigenvalue weighted by Gasteiger charge is 2.38. The zero-order valence-electron chi connectivity index (χ0n) is 25.0. The quantitative estimate of drug-likeness (QED) is 0.130. The van der Waals surface area contributed by atoms with Crippen molar-refractivity contribution in [3.8, 4) is 0 Å². The number of aromatic amines is 1. The van der Waals surface area contributed by atoms with E-state index in [1.54, 1.807) is 63.2 Å². The second-order valence-corrected chi connectivity index (χ2v) is 11.4. The van der Waals surface area contributed by atoms with Gasteiger partial charge >= 0.3 is 17.9 Å². The molecule has 5 rings (SSSR count). The molecule has 0 amide bonds. The molecular formula is C33H31Cl2N5O6. The normalized spacial score (nSPS) is 15.3. The molecule has 0 saturated heterocycles. The minimum Gasteiger partial charge on any atom is -0.478 e. The van der Waals surface area contributed by atoms with Crippen LogP contribution in [0.5, 0.6) is 0 Å². The standard InChI is InChI=1S/C33H31Cl2N5O6/c1-19-28(32(42)43)30(23-4-3-5-24(34)31(23)35)29(20(2)39-19)33(44)46-15-14-45-27(41)17-25(40-13-12-36-18-40)22-8-6-21(7-9-22)16-26-37-10-11-38-26/h3-13,18,25,30,39H,14-17H2,1-2H3,(H,37,38)(H,42,43). The third-order valence-electron chi connectivity index (χ3n) is 7.62. The number of dihydropyridines is 1. The zero-order chi connectivity index (χ0) is 32.8. The summed E-state index contributed by atoms with van der Waals surface area (Å²) in [4.78, 5) is 50.1. The molecule has 0 aliphatic carbocycles. The van der Waals surface area contributed by atoms with Gasteiger partial charge in [0.2, 0.25) is 0 Å². The first-order valence-corrected chi connectivity index (χ1v) is 15.1. The maximum Gasteiger partial charge on any atom is 0.336 e. The molecule has 3 N–H and O–H groups in total. The monoisotopic (exact) mass is 663 g/mol. The minimum absolute atomic E-state index is 0.0113. The van der Waals surface area contributed by atoms with E-state index in [-0.39, 0.29) is 46.9 Å². The second kappa shape index (κ2) is 14.5. The number of carboxylic acids is 1. The van der Waals surface area contributed by atoms with Crippen LogP contribution in [-0.4, -0.2) is 55.7 Å². The van der Waals surface area contributed by atoms with Crippen LogP contribution in [0.1, 0.15) is 54.7 Å². The summed E-state index contributed by atoms with van der Waals surface area (Å²) in [6.45, 7) is 2.79. The molecule has 2 aromatic heterocycles. The molecule has 4 aromatic rings. The number of aromatic nitrogens is 4. The lowest BCUT2D eigenvalue weighted by molar-refractivity contribution is -0.150. The Balaban J connectivity index is 1.23. The number of benzene rings is 2. The van der Waals surface area contributed by atoms with E-state index in [1.165, 1.54) is 0 Å². The maximum absolute atomic E-state index is 13.4. The van der Waals surface area contributed by atoms with Crippen LogP contribution in [0.2, 0.25) is 10.0 Å². The number of H-pyrrole nitrogens is 1. The van der Waals surface area contributed by atoms with Crippen LogP contribution in [-0.2, 0) is 30.3 Å². The molecule has 13 heteroatoms. The van der Waals surface area contributed by atoms with E-state index < -0.39 is 23.8 Å². The molecule has 1 aliphatic heterocycles. The van der Waals surface area contributed by atoms with E-state index in [0.29, 0.717) is 23.4 Å². The molecule has 0 spiro atoms. The first-order valence-electron chi connectivity index (χ1n) is 14.4. The van der Waals surface area contributed by atoms with E-state index in [2.05, 4.69) is 20.3 Å². The number of imidazole rings is 2. The van der Waals surface area contributed by atoms with Gasteiger partial charge in [-0.3, -0.25) is 4.79 Å². The molecule has 0 saturated carbocycles. The van der Waals surface area contributed by atoms with Gasteiger partial charge in [-0.2, -0.15) is 0 Å². The molecule has 238 valence electrons. The molecule has 46 heavy (non-hydrogen) atoms. The fourth-order valence-electron chi connectivity index (χ4n) is 5.48. The van der Waals surface area contributed by atoms with Crippen molar-refractivity contribution >= 4 is 41.1 Å². The summed E-state index contributed by atoms with van der Waals surface area (Å²) in [5, 5.41) is 13.3. The van der Waals surface area contributed by atoms with Gasteiger partial charge in [0.25, 0.3) is 0 Å². The Kier molecular flexibility index (Phi) is 10.2. The van der Waals surface area contributed by atoms with Crippen LogP contribution in [0, 0.1) is 0 Å². The van der Waals surface area contributed by atoms with Gasteiger partial charge in [-0.25, -0.2) is 19.6 Å². The molecule has 0 fully saturated rings. The van der Waals surface area contributed by atoms with Gasteiger partial charge in [0, 0.05) is 42.6 Å². The number of carboxylic acid groups (broad SMARTS) is 1. The van der Waals surface area contributed by atoms with Crippen molar-refractivity contribution in [2.75, 3.05) is 13.2 Å². The highest BCUT2D eigenvalue weighted by Crippen LogP contribution is 2.43. The van der Waals surface area contributed by atoms with Gasteiger partial charge in [0.1, 0.15) is 19.0 Å². The lowest BCUT2D eigenvalue weighted by atomic mass is 9.80. The van der Waals surface area contributed by atoms with Crippen LogP contribution < -0.4 is 5.32 Å². The molecule has 3 heterocycles. The number of allylic oxidation sites excluding steroid dienone is 2. The van der Waals surface area contributed by atoms with Crippen molar-refractivity contribution < 1.29 is 29.0 Å². The van der Waals surface area contributed by atoms with Crippen LogP contribution >= 0.6 is 23.2 Å². The number of halogens is 2. The Labute approximate surface area is 274 Å². The first-order chi connectivity index (χ1) is 22.1. The van der Waals surface area contributed by atoms with Crippen molar-refractivity contribution in [1.82, 2.24) is 24.8 Å². The smallest absolute Gasteiger partial charge is 0.336 e. The lowest BCUT2D eigenvalue weighted by Gasteiger charge is -2.30. The van der Waals surface area contributed by atoms with Gasteiger partial charge < -0.3 is 29.4 Å². The topological polar surface area (TPSA) is 148 Å². The zero-order valence-corrected chi connectivity index (χ0v) is 26.5. The van der Waals surface area contributed by atoms with Crippen LogP contribution in [0.15, 0.2) is 96.1 Å². The van der Waals surface area contributed by atoms with E-state index in [4.69, 9.17) is 32.7 Å². The Hall–Kier alpha value is -4.87. The third-order valence-corrected chi connectivity index (χ3v) is 8.45. The van der Waals surface area contributed by atoms with Crippen molar-refractivity contribution in [3.63, 3.8) is 0 Å². The Morgan fingerprint density at radius 2 is 1.74 bits per heavy atom. The fourth-order valence-corrected chi connectivity index (χ4v) is 5.90. The average molecular weight is 665 g/mol. The predicted molar refractivity (Wildman–Crippen MR) is 170 cm³/mol. The van der Waals surface area contributed by atoms with E-state index in [0.717, 1.165) is 17.0 Å². The Morgan fingerprint density at radius 3 is 2.41 bits per heavy atom. The summed E-state index contributed by atoms with van der Waals surface area (Å²) in [6, 6.07) is 12.3. The molecular weight excluding hydrogens is 633 g/mol. The molecule has 0 bridgehead atoms. The molecule has 2 atom stereocenters. The highest BCUT2D eigenvalue weighted by molar-refractivity contribution is 6.42. The fraction of sp³-hybridized carbons (Fsp3) is 0.242. The Bertz CT molecular complexity index is 1780. The highest BCUT2D eigenvalue weighted by atomic mass is 35.5. The molecule has 2 aromatic carbocycles. The number of nitrogens with one attached hydrogen (secondary N) is 2. The summed E-state index contributed by atoms with van der Waals surface area (Å²) in [5.74, 6) is -2.69. The van der Waals surface area contributed by atoms with Crippen LogP contribution in [0.3, 0.4) is 0 Å². The van der Waals surface area contributed by atoms with Gasteiger partial charge in [-0.1, -0.05) is 59.6 Å². The van der Waals surface area contributed by atoms with Gasteiger partial charge in [-0.15, -0.1) is 0 Å². The summed E-state index contributed by atoms with van der Waals surface area (Å²) >= 11 is 12.7. The third kappa shape index (κ3) is 7.32. The number of nitrogens with zero attached hydrogens (tertiary/aromatic N) is 3. The first kappa shape index (κ1) is 32.5. The van der Waals surface area contributed by atoms with Crippen LogP contribution in [0.25, 0.3) is 0 Å². The number of aliphatic carboxylic acids is 1. The Morgan fingerprint density at radius 1 is 1.00 bits per heavy atom. The average Bonchev–Trinajstić information content (AvgIpc) is 3.74. The maximum atomic E-state index is 13.4. The molecule has 1 aliphatic rings. The number of hydrogen-bond donors (Lipinski definition) is 3. The van der Waals surface area contributed by atoms with E-state index >= 15 is 0 Å².